The summed E-state index contributed by atoms with van der Waals surface area (Å²) in [6, 6.07) is 19.1. The van der Waals surface area contributed by atoms with Crippen LogP contribution in [-0.2, 0) is 9.53 Å². The number of ether oxygens (including phenoxy) is 3. The zero-order valence-corrected chi connectivity index (χ0v) is 20.8. The number of Topliss-reactive ketones (excluding diaryl/α,β-unsaturated/α-hetero) is 1. The lowest BCUT2D eigenvalue weighted by Gasteiger charge is -2.16. The van der Waals surface area contributed by atoms with Gasteiger partial charge in [0.05, 0.1) is 31.1 Å². The molecule has 0 aliphatic rings. The maximum atomic E-state index is 12.9. The largest absolute Gasteiger partial charge is 0.497 e. The zero-order valence-electron chi connectivity index (χ0n) is 20.0. The summed E-state index contributed by atoms with van der Waals surface area (Å²) in [5.74, 6) is -0.276. The van der Waals surface area contributed by atoms with E-state index >= 15 is 0 Å². The van der Waals surface area contributed by atoms with E-state index in [1.54, 1.807) is 42.5 Å². The number of hydrogen-bond donors (Lipinski definition) is 1. The second kappa shape index (κ2) is 12.1. The van der Waals surface area contributed by atoms with Gasteiger partial charge in [0.1, 0.15) is 11.5 Å². The number of esters is 1. The molecule has 0 aliphatic carbocycles. The molecule has 0 radical (unpaired) electrons. The molecule has 0 aliphatic heterocycles. The molecule has 0 spiro atoms. The number of aryl methyl sites for hydroxylation is 1. The van der Waals surface area contributed by atoms with E-state index in [2.05, 4.69) is 5.32 Å². The summed E-state index contributed by atoms with van der Waals surface area (Å²) < 4.78 is 15.9. The number of amides is 1. The monoisotopic (exact) mass is 493 g/mol. The van der Waals surface area contributed by atoms with E-state index < -0.39 is 17.9 Å². The SMILES string of the molecule is COc1ccc(C(=O)[C@@H](C)OC(=O)c2ccccc2SCC(=O)Nc2ccc(C)cc2)c(OC)c1. The molecule has 0 fully saturated rings. The molecule has 0 aromatic heterocycles. The molecule has 1 atom stereocenters. The molecule has 7 nitrogen and oxygen atoms in total. The standard InChI is InChI=1S/C27H27NO6S/c1-17-9-11-19(12-10-17)28-25(29)16-35-24-8-6-5-7-22(24)27(31)34-18(2)26(30)21-14-13-20(32-3)15-23(21)33-4/h5-15,18H,16H2,1-4H3,(H,28,29)/t18-/m1/s1. The second-order valence-electron chi connectivity index (χ2n) is 7.68. The number of methoxy groups -OCH3 is 2. The fourth-order valence-corrected chi connectivity index (χ4v) is 4.08. The first-order chi connectivity index (χ1) is 16.8. The van der Waals surface area contributed by atoms with E-state index in [0.717, 1.165) is 5.56 Å². The predicted molar refractivity (Wildman–Crippen MR) is 136 cm³/mol. The van der Waals surface area contributed by atoms with E-state index in [-0.39, 0.29) is 22.8 Å². The minimum atomic E-state index is -1.05. The molecular formula is C27H27NO6S. The van der Waals surface area contributed by atoms with Gasteiger partial charge < -0.3 is 19.5 Å². The van der Waals surface area contributed by atoms with Crippen LogP contribution >= 0.6 is 11.8 Å². The first kappa shape index (κ1) is 25.8. The number of rotatable bonds is 10. The van der Waals surface area contributed by atoms with Crippen LogP contribution in [0.3, 0.4) is 0 Å². The summed E-state index contributed by atoms with van der Waals surface area (Å²) in [6.45, 7) is 3.48. The van der Waals surface area contributed by atoms with Crippen molar-refractivity contribution in [3.63, 3.8) is 0 Å². The van der Waals surface area contributed by atoms with Crippen LogP contribution in [0.5, 0.6) is 11.5 Å². The van der Waals surface area contributed by atoms with Crippen LogP contribution in [0.15, 0.2) is 71.6 Å². The summed E-state index contributed by atoms with van der Waals surface area (Å²) >= 11 is 1.22. The number of thioether (sulfide) groups is 1. The summed E-state index contributed by atoms with van der Waals surface area (Å²) in [5, 5.41) is 2.83. The Kier molecular flexibility index (Phi) is 8.92. The molecule has 0 heterocycles. The lowest BCUT2D eigenvalue weighted by Crippen LogP contribution is -2.25. The fourth-order valence-electron chi connectivity index (χ4n) is 3.24. The number of anilines is 1. The van der Waals surface area contributed by atoms with Crippen molar-refractivity contribution in [2.45, 2.75) is 24.8 Å². The van der Waals surface area contributed by atoms with Crippen molar-refractivity contribution < 1.29 is 28.6 Å². The van der Waals surface area contributed by atoms with E-state index in [4.69, 9.17) is 14.2 Å². The Hall–Kier alpha value is -3.78. The first-order valence-corrected chi connectivity index (χ1v) is 11.9. The molecule has 0 unspecified atom stereocenters. The number of ketones is 1. The van der Waals surface area contributed by atoms with Gasteiger partial charge in [-0.25, -0.2) is 4.79 Å². The summed E-state index contributed by atoms with van der Waals surface area (Å²) in [5.41, 5.74) is 2.36. The van der Waals surface area contributed by atoms with Crippen molar-refractivity contribution in [1.29, 1.82) is 0 Å². The molecular weight excluding hydrogens is 466 g/mol. The van der Waals surface area contributed by atoms with Gasteiger partial charge in [-0.05, 0) is 50.2 Å². The van der Waals surface area contributed by atoms with Gasteiger partial charge in [0, 0.05) is 16.6 Å². The fraction of sp³-hybridized carbons (Fsp3) is 0.222. The van der Waals surface area contributed by atoms with Gasteiger partial charge in [0.2, 0.25) is 11.7 Å². The number of carbonyl (C=O) groups excluding carboxylic acids is 3. The normalized spacial score (nSPS) is 11.3. The number of nitrogens with one attached hydrogen (secondary N) is 1. The minimum Gasteiger partial charge on any atom is -0.497 e. The highest BCUT2D eigenvalue weighted by Gasteiger charge is 2.25. The van der Waals surface area contributed by atoms with Gasteiger partial charge in [0.25, 0.3) is 0 Å². The predicted octanol–water partition coefficient (Wildman–Crippen LogP) is 5.17. The molecule has 3 aromatic rings. The third-order valence-corrected chi connectivity index (χ3v) is 6.20. The van der Waals surface area contributed by atoms with Gasteiger partial charge in [-0.15, -0.1) is 11.8 Å². The highest BCUT2D eigenvalue weighted by atomic mass is 32.2. The highest BCUT2D eigenvalue weighted by Crippen LogP contribution is 2.27. The lowest BCUT2D eigenvalue weighted by atomic mass is 10.1. The van der Waals surface area contributed by atoms with Gasteiger partial charge >= 0.3 is 5.97 Å². The molecule has 3 aromatic carbocycles. The zero-order chi connectivity index (χ0) is 25.4. The van der Waals surface area contributed by atoms with E-state index in [0.29, 0.717) is 22.1 Å². The van der Waals surface area contributed by atoms with Crippen molar-refractivity contribution in [3.05, 3.63) is 83.4 Å². The van der Waals surface area contributed by atoms with Crippen LogP contribution in [0, 0.1) is 6.92 Å². The Morgan fingerprint density at radius 2 is 1.63 bits per heavy atom. The smallest absolute Gasteiger partial charge is 0.339 e. The third-order valence-electron chi connectivity index (χ3n) is 5.13. The first-order valence-electron chi connectivity index (χ1n) is 10.9. The Morgan fingerprint density at radius 1 is 0.914 bits per heavy atom. The summed E-state index contributed by atoms with van der Waals surface area (Å²) in [4.78, 5) is 38.8. The molecule has 1 amide bonds. The van der Waals surface area contributed by atoms with Crippen LogP contribution in [0.4, 0.5) is 5.69 Å². The Morgan fingerprint density at radius 3 is 2.31 bits per heavy atom. The lowest BCUT2D eigenvalue weighted by molar-refractivity contribution is -0.113. The molecule has 0 saturated heterocycles. The Balaban J connectivity index is 1.65. The molecule has 182 valence electrons. The van der Waals surface area contributed by atoms with Gasteiger partial charge in [-0.1, -0.05) is 29.8 Å². The van der Waals surface area contributed by atoms with Crippen molar-refractivity contribution >= 4 is 35.1 Å². The maximum Gasteiger partial charge on any atom is 0.339 e. The minimum absolute atomic E-state index is 0.107. The van der Waals surface area contributed by atoms with E-state index in [9.17, 15) is 14.4 Å². The molecule has 35 heavy (non-hydrogen) atoms. The van der Waals surface area contributed by atoms with Gasteiger partial charge in [0.15, 0.2) is 6.10 Å². The topological polar surface area (TPSA) is 90.9 Å². The summed E-state index contributed by atoms with van der Waals surface area (Å²) in [7, 11) is 2.97. The van der Waals surface area contributed by atoms with Gasteiger partial charge in [-0.3, -0.25) is 9.59 Å². The average Bonchev–Trinajstić information content (AvgIpc) is 2.88. The van der Waals surface area contributed by atoms with Crippen molar-refractivity contribution in [3.8, 4) is 11.5 Å². The van der Waals surface area contributed by atoms with E-state index in [1.165, 1.54) is 32.9 Å². The van der Waals surface area contributed by atoms with Crippen molar-refractivity contribution in [2.75, 3.05) is 25.3 Å². The number of hydrogen-bond acceptors (Lipinski definition) is 7. The molecule has 0 bridgehead atoms. The summed E-state index contributed by atoms with van der Waals surface area (Å²) in [6.07, 6.45) is -1.05. The maximum absolute atomic E-state index is 12.9. The molecule has 1 N–H and O–H groups in total. The van der Waals surface area contributed by atoms with Crippen LogP contribution in [0.25, 0.3) is 0 Å². The molecule has 3 rings (SSSR count). The second-order valence-corrected chi connectivity index (χ2v) is 8.69. The Labute approximate surface area is 208 Å². The van der Waals surface area contributed by atoms with Crippen LogP contribution in [-0.4, -0.2) is 43.7 Å². The van der Waals surface area contributed by atoms with Crippen molar-refractivity contribution in [1.82, 2.24) is 0 Å². The average molecular weight is 494 g/mol. The number of benzene rings is 3. The quantitative estimate of drug-likeness (QED) is 0.237. The molecule has 0 saturated carbocycles. The molecule has 8 heteroatoms. The van der Waals surface area contributed by atoms with E-state index in [1.807, 2.05) is 31.2 Å². The van der Waals surface area contributed by atoms with Gasteiger partial charge in [-0.2, -0.15) is 0 Å². The number of carbonyl (C=O) groups is 3. The Bertz CT molecular complexity index is 1210. The van der Waals surface area contributed by atoms with Crippen LogP contribution in [0.2, 0.25) is 0 Å². The third kappa shape index (κ3) is 6.86. The van der Waals surface area contributed by atoms with Crippen molar-refractivity contribution in [2.24, 2.45) is 0 Å². The van der Waals surface area contributed by atoms with Crippen LogP contribution < -0.4 is 14.8 Å². The highest BCUT2D eigenvalue weighted by molar-refractivity contribution is 8.00. The van der Waals surface area contributed by atoms with Crippen LogP contribution in [0.1, 0.15) is 33.2 Å².